The number of ether oxygens (including phenoxy) is 1. The van der Waals surface area contributed by atoms with Gasteiger partial charge < -0.3 is 15.0 Å². The van der Waals surface area contributed by atoms with Crippen molar-refractivity contribution in [1.82, 2.24) is 15.1 Å². The minimum Gasteiger partial charge on any atom is -0.493 e. The Balaban J connectivity index is 1.21. The number of likely N-dealkylation sites (tertiary alicyclic amines) is 2. The van der Waals surface area contributed by atoms with Gasteiger partial charge in [0, 0.05) is 38.3 Å². The van der Waals surface area contributed by atoms with Gasteiger partial charge in [0.2, 0.25) is 11.8 Å². The topological polar surface area (TPSA) is 61.9 Å². The zero-order chi connectivity index (χ0) is 23.0. The van der Waals surface area contributed by atoms with Crippen molar-refractivity contribution < 1.29 is 14.3 Å². The van der Waals surface area contributed by atoms with Crippen LogP contribution in [0.1, 0.15) is 44.2 Å². The number of nitrogens with one attached hydrogen (secondary N) is 1. The van der Waals surface area contributed by atoms with Crippen LogP contribution in [-0.4, -0.2) is 60.4 Å². The summed E-state index contributed by atoms with van der Waals surface area (Å²) in [6, 6.07) is 20.6. The first-order chi connectivity index (χ1) is 16.1. The maximum atomic E-state index is 13.0. The van der Waals surface area contributed by atoms with E-state index < -0.39 is 0 Å². The fraction of sp³-hybridized carbons (Fsp3) is 0.481. The van der Waals surface area contributed by atoms with Gasteiger partial charge in [0.15, 0.2) is 0 Å². The molecule has 2 aromatic rings. The van der Waals surface area contributed by atoms with Crippen LogP contribution >= 0.6 is 0 Å². The Bertz CT molecular complexity index is 905. The molecule has 2 fully saturated rings. The van der Waals surface area contributed by atoms with Gasteiger partial charge in [0.05, 0.1) is 18.9 Å². The lowest BCUT2D eigenvalue weighted by atomic mass is 9.96. The molecule has 0 bridgehead atoms. The Kier molecular flexibility index (Phi) is 8.00. The van der Waals surface area contributed by atoms with Gasteiger partial charge in [-0.2, -0.15) is 0 Å². The minimum absolute atomic E-state index is 0.0622. The molecular formula is C27H35N3O3. The quantitative estimate of drug-likeness (QED) is 0.668. The molecule has 0 radical (unpaired) electrons. The molecule has 6 heteroatoms. The van der Waals surface area contributed by atoms with E-state index in [9.17, 15) is 9.59 Å². The van der Waals surface area contributed by atoms with Crippen LogP contribution in [0, 0.1) is 5.92 Å². The Morgan fingerprint density at radius 1 is 1.00 bits per heavy atom. The molecule has 1 N–H and O–H groups in total. The number of benzene rings is 2. The van der Waals surface area contributed by atoms with Gasteiger partial charge in [0.25, 0.3) is 0 Å². The highest BCUT2D eigenvalue weighted by Crippen LogP contribution is 2.25. The van der Waals surface area contributed by atoms with E-state index >= 15 is 0 Å². The van der Waals surface area contributed by atoms with Crippen LogP contribution in [0.5, 0.6) is 5.75 Å². The average molecular weight is 450 g/mol. The van der Waals surface area contributed by atoms with Gasteiger partial charge in [0.1, 0.15) is 5.75 Å². The largest absolute Gasteiger partial charge is 0.493 e. The first-order valence-electron chi connectivity index (χ1n) is 12.1. The van der Waals surface area contributed by atoms with Crippen molar-refractivity contribution in [3.8, 4) is 5.75 Å². The molecule has 3 atom stereocenters. The normalized spacial score (nSPS) is 22.0. The van der Waals surface area contributed by atoms with Crippen LogP contribution in [0.2, 0.25) is 0 Å². The summed E-state index contributed by atoms with van der Waals surface area (Å²) in [7, 11) is 0. The Morgan fingerprint density at radius 2 is 1.73 bits per heavy atom. The molecule has 3 unspecified atom stereocenters. The molecule has 176 valence electrons. The molecule has 33 heavy (non-hydrogen) atoms. The van der Waals surface area contributed by atoms with Crippen LogP contribution < -0.4 is 10.1 Å². The van der Waals surface area contributed by atoms with Gasteiger partial charge in [-0.15, -0.1) is 0 Å². The lowest BCUT2D eigenvalue weighted by molar-refractivity contribution is -0.136. The molecule has 0 saturated carbocycles. The second-order valence-electron chi connectivity index (χ2n) is 9.17. The zero-order valence-electron chi connectivity index (χ0n) is 19.5. The molecule has 2 saturated heterocycles. The average Bonchev–Trinajstić information content (AvgIpc) is 3.33. The number of carbonyl (C=O) groups is 2. The summed E-state index contributed by atoms with van der Waals surface area (Å²) in [5, 5.41) is 3.27. The van der Waals surface area contributed by atoms with Gasteiger partial charge in [-0.3, -0.25) is 14.5 Å². The van der Waals surface area contributed by atoms with Gasteiger partial charge in [-0.05, 0) is 43.9 Å². The zero-order valence-corrected chi connectivity index (χ0v) is 19.5. The Labute approximate surface area is 196 Å². The fourth-order valence-electron chi connectivity index (χ4n) is 4.87. The molecule has 0 aromatic heterocycles. The van der Waals surface area contributed by atoms with E-state index in [0.29, 0.717) is 25.6 Å². The van der Waals surface area contributed by atoms with Gasteiger partial charge in [-0.1, -0.05) is 48.5 Å². The third kappa shape index (κ3) is 6.35. The summed E-state index contributed by atoms with van der Waals surface area (Å²) in [6.07, 6.45) is 3.01. The van der Waals surface area contributed by atoms with E-state index in [4.69, 9.17) is 4.74 Å². The predicted molar refractivity (Wildman–Crippen MR) is 129 cm³/mol. The first kappa shape index (κ1) is 23.3. The number of carbonyl (C=O) groups excluding carboxylic acids is 2. The summed E-state index contributed by atoms with van der Waals surface area (Å²) in [4.78, 5) is 29.9. The third-order valence-electron chi connectivity index (χ3n) is 6.87. The molecule has 0 aliphatic carbocycles. The molecule has 0 spiro atoms. The second-order valence-corrected chi connectivity index (χ2v) is 9.17. The summed E-state index contributed by atoms with van der Waals surface area (Å²) in [6.45, 7) is 5.66. The van der Waals surface area contributed by atoms with Crippen LogP contribution in [0.15, 0.2) is 60.7 Å². The van der Waals surface area contributed by atoms with Crippen molar-refractivity contribution in [3.63, 3.8) is 0 Å². The van der Waals surface area contributed by atoms with Gasteiger partial charge >= 0.3 is 0 Å². The van der Waals surface area contributed by atoms with E-state index in [-0.39, 0.29) is 23.8 Å². The minimum atomic E-state index is -0.127. The van der Waals surface area contributed by atoms with Crippen molar-refractivity contribution in [2.45, 2.75) is 44.7 Å². The molecular weight excluding hydrogens is 414 g/mol. The first-order valence-corrected chi connectivity index (χ1v) is 12.1. The maximum Gasteiger partial charge on any atom is 0.226 e. The summed E-state index contributed by atoms with van der Waals surface area (Å²) < 4.78 is 5.66. The highest BCUT2D eigenvalue weighted by atomic mass is 16.5. The van der Waals surface area contributed by atoms with Crippen molar-refractivity contribution >= 4 is 11.8 Å². The van der Waals surface area contributed by atoms with E-state index in [0.717, 1.165) is 44.6 Å². The van der Waals surface area contributed by atoms with E-state index in [1.165, 1.54) is 5.56 Å². The Hall–Kier alpha value is -2.86. The standard InChI is InChI=1S/C27H35N3O3/c1-21(22-9-4-2-5-10-22)29-17-14-24(20-29)28-27(32)23-11-8-16-30(19-23)26(31)15-18-33-25-12-6-3-7-13-25/h2-7,9-10,12-13,21,23-24H,8,11,14-20H2,1H3,(H,28,32). The molecule has 4 rings (SSSR count). The highest BCUT2D eigenvalue weighted by Gasteiger charge is 2.32. The van der Waals surface area contributed by atoms with E-state index in [1.54, 1.807) is 0 Å². The van der Waals surface area contributed by atoms with Gasteiger partial charge in [-0.25, -0.2) is 0 Å². The molecule has 2 heterocycles. The van der Waals surface area contributed by atoms with Crippen LogP contribution in [0.3, 0.4) is 0 Å². The predicted octanol–water partition coefficient (Wildman–Crippen LogP) is 3.65. The number of hydrogen-bond acceptors (Lipinski definition) is 4. The number of amides is 2. The smallest absolute Gasteiger partial charge is 0.226 e. The number of rotatable bonds is 8. The van der Waals surface area contributed by atoms with Crippen molar-refractivity contribution in [1.29, 1.82) is 0 Å². The SMILES string of the molecule is CC(c1ccccc1)N1CCC(NC(=O)C2CCCN(C(=O)CCOc3ccccc3)C2)C1. The molecule has 2 aromatic carbocycles. The molecule has 2 aliphatic heterocycles. The summed E-state index contributed by atoms with van der Waals surface area (Å²) >= 11 is 0. The maximum absolute atomic E-state index is 13.0. The number of piperidine rings is 1. The summed E-state index contributed by atoms with van der Waals surface area (Å²) in [5.74, 6) is 0.797. The number of para-hydroxylation sites is 1. The monoisotopic (exact) mass is 449 g/mol. The van der Waals surface area contributed by atoms with Crippen molar-refractivity contribution in [3.05, 3.63) is 66.2 Å². The third-order valence-corrected chi connectivity index (χ3v) is 6.87. The van der Waals surface area contributed by atoms with Crippen molar-refractivity contribution in [2.75, 3.05) is 32.8 Å². The second kappa shape index (κ2) is 11.3. The lowest BCUT2D eigenvalue weighted by Gasteiger charge is -2.33. The highest BCUT2D eigenvalue weighted by molar-refractivity contribution is 5.81. The van der Waals surface area contributed by atoms with Crippen LogP contribution in [-0.2, 0) is 9.59 Å². The van der Waals surface area contributed by atoms with Crippen molar-refractivity contribution in [2.24, 2.45) is 5.92 Å². The van der Waals surface area contributed by atoms with Crippen LogP contribution in [0.25, 0.3) is 0 Å². The van der Waals surface area contributed by atoms with Crippen LogP contribution in [0.4, 0.5) is 0 Å². The Morgan fingerprint density at radius 3 is 2.48 bits per heavy atom. The molecule has 2 amide bonds. The molecule has 2 aliphatic rings. The lowest BCUT2D eigenvalue weighted by Crippen LogP contribution is -2.48. The fourth-order valence-corrected chi connectivity index (χ4v) is 4.87. The number of nitrogens with zero attached hydrogens (tertiary/aromatic N) is 2. The van der Waals surface area contributed by atoms with E-state index in [2.05, 4.69) is 41.4 Å². The van der Waals surface area contributed by atoms with E-state index in [1.807, 2.05) is 41.3 Å². The number of hydrogen-bond donors (Lipinski definition) is 1. The summed E-state index contributed by atoms with van der Waals surface area (Å²) in [5.41, 5.74) is 1.31. The molecule has 6 nitrogen and oxygen atoms in total.